The summed E-state index contributed by atoms with van der Waals surface area (Å²) >= 11 is 0. The summed E-state index contributed by atoms with van der Waals surface area (Å²) in [7, 11) is 0. The van der Waals surface area contributed by atoms with Gasteiger partial charge < -0.3 is 5.11 Å². The van der Waals surface area contributed by atoms with E-state index in [-0.39, 0.29) is 17.4 Å². The topological polar surface area (TPSA) is 63.4 Å². The van der Waals surface area contributed by atoms with Crippen molar-refractivity contribution in [2.24, 2.45) is 5.92 Å². The second kappa shape index (κ2) is 5.07. The van der Waals surface area contributed by atoms with Crippen LogP contribution in [0, 0.1) is 16.0 Å². The van der Waals surface area contributed by atoms with Crippen molar-refractivity contribution in [3.05, 3.63) is 10.1 Å². The first-order chi connectivity index (χ1) is 5.09. The van der Waals surface area contributed by atoms with Gasteiger partial charge in [0.2, 0.25) is 6.04 Å². The molecule has 0 saturated carbocycles. The molecule has 0 bridgehead atoms. The lowest BCUT2D eigenvalue weighted by atomic mass is 9.99. The Morgan fingerprint density at radius 2 is 2.09 bits per heavy atom. The molecule has 0 saturated heterocycles. The molecule has 0 aromatic carbocycles. The molecule has 4 heteroatoms. The normalized spacial score (nSPS) is 15.9. The van der Waals surface area contributed by atoms with Crippen LogP contribution in [-0.2, 0) is 0 Å². The molecule has 0 rings (SSSR count). The van der Waals surface area contributed by atoms with E-state index in [1.165, 1.54) is 0 Å². The molecule has 0 radical (unpaired) electrons. The monoisotopic (exact) mass is 161 g/mol. The van der Waals surface area contributed by atoms with Crippen LogP contribution in [-0.4, -0.2) is 22.7 Å². The van der Waals surface area contributed by atoms with Gasteiger partial charge in [-0.3, -0.25) is 10.1 Å². The lowest BCUT2D eigenvalue weighted by Gasteiger charge is -2.11. The minimum Gasteiger partial charge on any atom is -0.396 e. The van der Waals surface area contributed by atoms with Crippen molar-refractivity contribution in [3.8, 4) is 0 Å². The van der Waals surface area contributed by atoms with Gasteiger partial charge in [0.15, 0.2) is 0 Å². The van der Waals surface area contributed by atoms with E-state index < -0.39 is 6.04 Å². The predicted molar refractivity (Wildman–Crippen MR) is 41.9 cm³/mol. The third kappa shape index (κ3) is 3.93. The van der Waals surface area contributed by atoms with E-state index >= 15 is 0 Å². The third-order valence-corrected chi connectivity index (χ3v) is 1.97. The number of hydrogen-bond donors (Lipinski definition) is 1. The van der Waals surface area contributed by atoms with Crippen molar-refractivity contribution in [1.82, 2.24) is 0 Å². The highest BCUT2D eigenvalue weighted by atomic mass is 16.6. The number of aliphatic hydroxyl groups excluding tert-OH is 1. The van der Waals surface area contributed by atoms with Crippen molar-refractivity contribution in [3.63, 3.8) is 0 Å². The van der Waals surface area contributed by atoms with Crippen LogP contribution < -0.4 is 0 Å². The summed E-state index contributed by atoms with van der Waals surface area (Å²) in [6.45, 7) is 3.56. The molecule has 4 nitrogen and oxygen atoms in total. The first-order valence-electron chi connectivity index (χ1n) is 3.84. The van der Waals surface area contributed by atoms with Crippen LogP contribution in [0.4, 0.5) is 0 Å². The van der Waals surface area contributed by atoms with E-state index in [1.807, 2.05) is 6.92 Å². The zero-order valence-corrected chi connectivity index (χ0v) is 6.99. The van der Waals surface area contributed by atoms with Crippen molar-refractivity contribution in [1.29, 1.82) is 0 Å². The average molecular weight is 161 g/mol. The van der Waals surface area contributed by atoms with Gasteiger partial charge in [0.05, 0.1) is 0 Å². The Labute approximate surface area is 66.4 Å². The van der Waals surface area contributed by atoms with Gasteiger partial charge >= 0.3 is 0 Å². The van der Waals surface area contributed by atoms with E-state index in [4.69, 9.17) is 5.11 Å². The molecule has 0 aliphatic heterocycles. The molecule has 0 heterocycles. The maximum Gasteiger partial charge on any atom is 0.212 e. The summed E-state index contributed by atoms with van der Waals surface area (Å²) < 4.78 is 0. The van der Waals surface area contributed by atoms with E-state index in [0.717, 1.165) is 6.42 Å². The largest absolute Gasteiger partial charge is 0.396 e. The van der Waals surface area contributed by atoms with Gasteiger partial charge in [0, 0.05) is 24.4 Å². The molecule has 2 atom stereocenters. The van der Waals surface area contributed by atoms with Gasteiger partial charge in [-0.05, 0) is 12.8 Å². The fourth-order valence-corrected chi connectivity index (χ4v) is 0.862. The third-order valence-electron chi connectivity index (χ3n) is 1.97. The average Bonchev–Trinajstić information content (AvgIpc) is 1.98. The molecule has 11 heavy (non-hydrogen) atoms. The highest BCUT2D eigenvalue weighted by molar-refractivity contribution is 4.59. The Morgan fingerprint density at radius 1 is 1.55 bits per heavy atom. The first-order valence-corrected chi connectivity index (χ1v) is 3.84. The quantitative estimate of drug-likeness (QED) is 0.484. The Balaban J connectivity index is 3.63. The molecule has 0 aliphatic carbocycles. The van der Waals surface area contributed by atoms with Crippen molar-refractivity contribution >= 4 is 0 Å². The van der Waals surface area contributed by atoms with Gasteiger partial charge in [0.1, 0.15) is 0 Å². The summed E-state index contributed by atoms with van der Waals surface area (Å²) in [4.78, 5) is 9.97. The van der Waals surface area contributed by atoms with Crippen LogP contribution in [0.1, 0.15) is 26.7 Å². The fourth-order valence-electron chi connectivity index (χ4n) is 0.862. The molecule has 0 unspecified atom stereocenters. The summed E-state index contributed by atoms with van der Waals surface area (Å²) in [5.74, 6) is 0.0529. The first kappa shape index (κ1) is 10.4. The van der Waals surface area contributed by atoms with Gasteiger partial charge in [-0.15, -0.1) is 0 Å². The van der Waals surface area contributed by atoms with Crippen LogP contribution in [0.25, 0.3) is 0 Å². The highest BCUT2D eigenvalue weighted by Gasteiger charge is 2.20. The minimum absolute atomic E-state index is 0.0529. The second-order valence-electron chi connectivity index (χ2n) is 2.87. The smallest absolute Gasteiger partial charge is 0.212 e. The van der Waals surface area contributed by atoms with Crippen molar-refractivity contribution in [2.45, 2.75) is 32.7 Å². The highest BCUT2D eigenvalue weighted by Crippen LogP contribution is 2.12. The number of nitro groups is 1. The zero-order chi connectivity index (χ0) is 8.85. The molecule has 0 aromatic heterocycles. The van der Waals surface area contributed by atoms with Gasteiger partial charge in [-0.2, -0.15) is 0 Å². The molecular formula is C7H15NO3. The van der Waals surface area contributed by atoms with Crippen molar-refractivity contribution < 1.29 is 10.0 Å². The standard InChI is InChI=1S/C7H15NO3/c1-6(4-3-5-9)7(2)8(10)11/h6-7,9H,3-5H2,1-2H3/t6-,7-/m1/s1. The number of rotatable bonds is 5. The molecule has 1 N–H and O–H groups in total. The van der Waals surface area contributed by atoms with Gasteiger partial charge in [-0.25, -0.2) is 0 Å². The summed E-state index contributed by atoms with van der Waals surface area (Å²) in [6, 6.07) is -0.499. The SMILES string of the molecule is C[C@H](CCCO)[C@@H](C)[N+](=O)[O-]. The van der Waals surface area contributed by atoms with Crippen LogP contribution in [0.3, 0.4) is 0 Å². The lowest BCUT2D eigenvalue weighted by Crippen LogP contribution is -2.23. The predicted octanol–water partition coefficient (Wildman–Crippen LogP) is 1.06. The molecule has 0 spiro atoms. The van der Waals surface area contributed by atoms with E-state index in [0.29, 0.717) is 6.42 Å². The molecule has 0 aliphatic rings. The van der Waals surface area contributed by atoms with E-state index in [9.17, 15) is 10.1 Å². The molecule has 0 fully saturated rings. The van der Waals surface area contributed by atoms with Crippen LogP contribution in [0.15, 0.2) is 0 Å². The van der Waals surface area contributed by atoms with E-state index in [1.54, 1.807) is 6.92 Å². The lowest BCUT2D eigenvalue weighted by molar-refractivity contribution is -0.527. The fraction of sp³-hybridized carbons (Fsp3) is 1.00. The van der Waals surface area contributed by atoms with Crippen LogP contribution in [0.5, 0.6) is 0 Å². The van der Waals surface area contributed by atoms with Crippen LogP contribution in [0.2, 0.25) is 0 Å². The molecule has 66 valence electrons. The summed E-state index contributed by atoms with van der Waals surface area (Å²) in [6.07, 6.45) is 1.37. The molecule has 0 amide bonds. The molecule has 0 aromatic rings. The number of hydrogen-bond acceptors (Lipinski definition) is 3. The molecular weight excluding hydrogens is 146 g/mol. The Bertz CT molecular complexity index is 127. The number of nitrogens with zero attached hydrogens (tertiary/aromatic N) is 1. The van der Waals surface area contributed by atoms with Crippen molar-refractivity contribution in [2.75, 3.05) is 6.61 Å². The van der Waals surface area contributed by atoms with E-state index in [2.05, 4.69) is 0 Å². The Morgan fingerprint density at radius 3 is 2.45 bits per heavy atom. The van der Waals surface area contributed by atoms with Gasteiger partial charge in [0.25, 0.3) is 0 Å². The number of aliphatic hydroxyl groups is 1. The van der Waals surface area contributed by atoms with Gasteiger partial charge in [-0.1, -0.05) is 6.92 Å². The Kier molecular flexibility index (Phi) is 4.77. The zero-order valence-electron chi connectivity index (χ0n) is 6.99. The maximum atomic E-state index is 10.2. The Hall–Kier alpha value is -0.640. The minimum atomic E-state index is -0.499. The summed E-state index contributed by atoms with van der Waals surface area (Å²) in [5.41, 5.74) is 0. The maximum absolute atomic E-state index is 10.2. The second-order valence-corrected chi connectivity index (χ2v) is 2.87. The van der Waals surface area contributed by atoms with Crippen LogP contribution >= 0.6 is 0 Å². The summed E-state index contributed by atoms with van der Waals surface area (Å²) in [5, 5.41) is 18.7.